The minimum Gasteiger partial charge on any atom is -0.344 e. The normalized spacial score (nSPS) is 17.8. The van der Waals surface area contributed by atoms with E-state index in [1.807, 2.05) is 0 Å². The first-order chi connectivity index (χ1) is 12.0. The molecule has 2 nitrogen and oxygen atoms in total. The Morgan fingerprint density at radius 2 is 1.84 bits per heavy atom. The molecule has 2 heterocycles. The minimum atomic E-state index is 0.605. The number of hydrogen-bond donors (Lipinski definition) is 0. The summed E-state index contributed by atoms with van der Waals surface area (Å²) >= 11 is 0. The largest absolute Gasteiger partial charge is 0.344 e. The lowest BCUT2D eigenvalue weighted by Gasteiger charge is -2.31. The highest BCUT2D eigenvalue weighted by molar-refractivity contribution is 5.89. The number of nitrogens with zero attached hydrogens (tertiary/aromatic N) is 2. The van der Waals surface area contributed by atoms with Crippen molar-refractivity contribution in [2.75, 3.05) is 7.05 Å². The van der Waals surface area contributed by atoms with Crippen molar-refractivity contribution in [2.45, 2.75) is 52.7 Å². The summed E-state index contributed by atoms with van der Waals surface area (Å²) in [6, 6.07) is 16.2. The number of rotatable bonds is 3. The van der Waals surface area contributed by atoms with Crippen LogP contribution in [0.25, 0.3) is 10.9 Å². The summed E-state index contributed by atoms with van der Waals surface area (Å²) in [4.78, 5) is 2.49. The fourth-order valence-electron chi connectivity index (χ4n) is 4.39. The molecule has 3 aromatic rings. The Morgan fingerprint density at radius 1 is 1.08 bits per heavy atom. The van der Waals surface area contributed by atoms with Gasteiger partial charge in [-0.05, 0) is 62.6 Å². The van der Waals surface area contributed by atoms with E-state index in [4.69, 9.17) is 0 Å². The molecule has 1 atom stereocenters. The Labute approximate surface area is 151 Å². The van der Waals surface area contributed by atoms with E-state index in [2.05, 4.69) is 79.8 Å². The molecule has 1 unspecified atom stereocenters. The Kier molecular flexibility index (Phi) is 4.16. The smallest absolute Gasteiger partial charge is 0.0491 e. The van der Waals surface area contributed by atoms with Gasteiger partial charge in [0.2, 0.25) is 0 Å². The molecule has 2 aromatic carbocycles. The van der Waals surface area contributed by atoms with Crippen molar-refractivity contribution in [1.29, 1.82) is 0 Å². The van der Waals surface area contributed by atoms with Crippen LogP contribution < -0.4 is 0 Å². The maximum Gasteiger partial charge on any atom is 0.0491 e. The zero-order chi connectivity index (χ0) is 17.6. The highest BCUT2D eigenvalue weighted by Crippen LogP contribution is 2.35. The van der Waals surface area contributed by atoms with E-state index in [9.17, 15) is 0 Å². The van der Waals surface area contributed by atoms with Gasteiger partial charge in [0.1, 0.15) is 0 Å². The highest BCUT2D eigenvalue weighted by atomic mass is 15.1. The summed E-state index contributed by atoms with van der Waals surface area (Å²) < 4.78 is 2.61. The van der Waals surface area contributed by atoms with Gasteiger partial charge in [0.15, 0.2) is 0 Å². The van der Waals surface area contributed by atoms with Gasteiger partial charge < -0.3 is 4.57 Å². The van der Waals surface area contributed by atoms with Crippen LogP contribution in [0.4, 0.5) is 0 Å². The standard InChI is InChI=1S/C23H28N2/c1-16-12-17(2)23-20-15-24(4)18(3)14-21(20)25(22(23)13-16)11-10-19-8-6-5-7-9-19/h5-9,12-13,18H,10-11,14-15H2,1-4H3. The summed E-state index contributed by atoms with van der Waals surface area (Å²) in [6.07, 6.45) is 2.24. The third-order valence-electron chi connectivity index (χ3n) is 5.84. The summed E-state index contributed by atoms with van der Waals surface area (Å²) in [6.45, 7) is 8.97. The van der Waals surface area contributed by atoms with Gasteiger partial charge in [-0.15, -0.1) is 0 Å². The first kappa shape index (κ1) is 16.4. The first-order valence-corrected chi connectivity index (χ1v) is 9.40. The Bertz CT molecular complexity index is 905. The molecular weight excluding hydrogens is 304 g/mol. The predicted molar refractivity (Wildman–Crippen MR) is 106 cm³/mol. The Morgan fingerprint density at radius 3 is 2.60 bits per heavy atom. The van der Waals surface area contributed by atoms with Gasteiger partial charge in [-0.3, -0.25) is 4.90 Å². The van der Waals surface area contributed by atoms with Crippen LogP contribution in [0.5, 0.6) is 0 Å². The van der Waals surface area contributed by atoms with Crippen LogP contribution in [0.1, 0.15) is 34.9 Å². The van der Waals surface area contributed by atoms with Crippen molar-refractivity contribution in [3.05, 3.63) is 70.4 Å². The van der Waals surface area contributed by atoms with E-state index in [0.717, 1.165) is 25.9 Å². The molecule has 0 amide bonds. The maximum atomic E-state index is 2.61. The van der Waals surface area contributed by atoms with Gasteiger partial charge >= 0.3 is 0 Å². The van der Waals surface area contributed by atoms with Crippen molar-refractivity contribution in [1.82, 2.24) is 9.47 Å². The Hall–Kier alpha value is -2.06. The molecule has 130 valence electrons. The molecule has 0 spiro atoms. The zero-order valence-electron chi connectivity index (χ0n) is 15.8. The molecule has 0 radical (unpaired) electrons. The second-order valence-corrected chi connectivity index (χ2v) is 7.76. The van der Waals surface area contributed by atoms with Gasteiger partial charge in [-0.2, -0.15) is 0 Å². The predicted octanol–water partition coefficient (Wildman–Crippen LogP) is 4.88. The van der Waals surface area contributed by atoms with Gasteiger partial charge in [0.05, 0.1) is 0 Å². The molecule has 0 bridgehead atoms. The van der Waals surface area contributed by atoms with E-state index in [1.54, 1.807) is 11.3 Å². The van der Waals surface area contributed by atoms with E-state index in [-0.39, 0.29) is 0 Å². The maximum absolute atomic E-state index is 2.61. The average molecular weight is 332 g/mol. The van der Waals surface area contributed by atoms with Gasteiger partial charge in [-0.1, -0.05) is 36.4 Å². The third kappa shape index (κ3) is 2.89. The quantitative estimate of drug-likeness (QED) is 0.664. The van der Waals surface area contributed by atoms with Crippen LogP contribution in [0.3, 0.4) is 0 Å². The summed E-state index contributed by atoms with van der Waals surface area (Å²) in [5.74, 6) is 0. The molecule has 4 rings (SSSR count). The molecule has 0 N–H and O–H groups in total. The van der Waals surface area contributed by atoms with Crippen molar-refractivity contribution in [2.24, 2.45) is 0 Å². The second-order valence-electron chi connectivity index (χ2n) is 7.76. The monoisotopic (exact) mass is 332 g/mol. The van der Waals surface area contributed by atoms with E-state index in [1.165, 1.54) is 27.6 Å². The summed E-state index contributed by atoms with van der Waals surface area (Å²) in [7, 11) is 2.25. The number of aromatic nitrogens is 1. The SMILES string of the molecule is Cc1cc(C)c2c3c(n(CCc4ccccc4)c2c1)CC(C)N(C)C3. The number of hydrogen-bond acceptors (Lipinski definition) is 1. The van der Waals surface area contributed by atoms with Crippen molar-refractivity contribution < 1.29 is 0 Å². The third-order valence-corrected chi connectivity index (χ3v) is 5.84. The molecule has 0 saturated carbocycles. The van der Waals surface area contributed by atoms with Crippen LogP contribution in [0.2, 0.25) is 0 Å². The van der Waals surface area contributed by atoms with Gasteiger partial charge in [0, 0.05) is 42.1 Å². The van der Waals surface area contributed by atoms with Crippen LogP contribution in [-0.4, -0.2) is 22.6 Å². The number of benzene rings is 2. The zero-order valence-corrected chi connectivity index (χ0v) is 15.8. The molecule has 0 fully saturated rings. The molecule has 1 aliphatic rings. The van der Waals surface area contributed by atoms with E-state index >= 15 is 0 Å². The first-order valence-electron chi connectivity index (χ1n) is 9.40. The van der Waals surface area contributed by atoms with E-state index < -0.39 is 0 Å². The van der Waals surface area contributed by atoms with Crippen LogP contribution in [-0.2, 0) is 25.9 Å². The highest BCUT2D eigenvalue weighted by Gasteiger charge is 2.27. The number of aryl methyl sites for hydroxylation is 4. The lowest BCUT2D eigenvalue weighted by molar-refractivity contribution is 0.228. The molecule has 1 aliphatic heterocycles. The molecule has 2 heteroatoms. The van der Waals surface area contributed by atoms with E-state index in [0.29, 0.717) is 6.04 Å². The Balaban J connectivity index is 1.83. The fourth-order valence-corrected chi connectivity index (χ4v) is 4.39. The van der Waals surface area contributed by atoms with Crippen LogP contribution >= 0.6 is 0 Å². The lowest BCUT2D eigenvalue weighted by atomic mass is 9.97. The van der Waals surface area contributed by atoms with Crippen molar-refractivity contribution in [3.8, 4) is 0 Å². The van der Waals surface area contributed by atoms with Gasteiger partial charge in [0.25, 0.3) is 0 Å². The molecule has 1 aromatic heterocycles. The van der Waals surface area contributed by atoms with Gasteiger partial charge in [-0.25, -0.2) is 0 Å². The molecule has 25 heavy (non-hydrogen) atoms. The van der Waals surface area contributed by atoms with Crippen molar-refractivity contribution >= 4 is 10.9 Å². The molecule has 0 aliphatic carbocycles. The van der Waals surface area contributed by atoms with Crippen LogP contribution in [0, 0.1) is 13.8 Å². The summed E-state index contributed by atoms with van der Waals surface area (Å²) in [5.41, 5.74) is 8.76. The topological polar surface area (TPSA) is 8.17 Å². The minimum absolute atomic E-state index is 0.605. The molecular formula is C23H28N2. The summed E-state index contributed by atoms with van der Waals surface area (Å²) in [5, 5.41) is 1.49. The number of likely N-dealkylation sites (N-methyl/N-ethyl adjacent to an activating group) is 1. The second kappa shape index (κ2) is 6.34. The number of fused-ring (bicyclic) bond motifs is 3. The lowest BCUT2D eigenvalue weighted by Crippen LogP contribution is -2.35. The fraction of sp³-hybridized carbons (Fsp3) is 0.391. The van der Waals surface area contributed by atoms with Crippen molar-refractivity contribution in [3.63, 3.8) is 0 Å². The average Bonchev–Trinajstić information content (AvgIpc) is 2.87. The molecule has 0 saturated heterocycles. The van der Waals surface area contributed by atoms with Crippen LogP contribution in [0.15, 0.2) is 42.5 Å².